The van der Waals surface area contributed by atoms with Crippen LogP contribution < -0.4 is 16.0 Å². The lowest BCUT2D eigenvalue weighted by Crippen LogP contribution is -2.35. The van der Waals surface area contributed by atoms with Crippen LogP contribution in [0.25, 0.3) is 0 Å². The van der Waals surface area contributed by atoms with Crippen molar-refractivity contribution in [1.29, 1.82) is 0 Å². The number of anilines is 1. The Morgan fingerprint density at radius 1 is 1.14 bits per heavy atom. The number of nitrogens with one attached hydrogen (secondary N) is 3. The molecule has 1 aromatic carbocycles. The maximum Gasteiger partial charge on any atom is 0.417 e. The summed E-state index contributed by atoms with van der Waals surface area (Å²) in [5.41, 5.74) is -1.12. The van der Waals surface area contributed by atoms with Gasteiger partial charge >= 0.3 is 6.18 Å². The summed E-state index contributed by atoms with van der Waals surface area (Å²) in [6.45, 7) is 0. The fourth-order valence-electron chi connectivity index (χ4n) is 2.02. The highest BCUT2D eigenvalue weighted by atomic mass is 35.5. The first-order valence-corrected chi connectivity index (χ1v) is 8.56. The van der Waals surface area contributed by atoms with Crippen molar-refractivity contribution < 1.29 is 22.8 Å². The largest absolute Gasteiger partial charge is 0.417 e. The van der Waals surface area contributed by atoms with E-state index in [0.29, 0.717) is 17.3 Å². The van der Waals surface area contributed by atoms with Crippen LogP contribution in [0.5, 0.6) is 0 Å². The summed E-state index contributed by atoms with van der Waals surface area (Å²) in [6, 6.07) is 4.94. The lowest BCUT2D eigenvalue weighted by molar-refractivity contribution is -0.137. The van der Waals surface area contributed by atoms with Crippen LogP contribution in [0.1, 0.15) is 26.4 Å². The molecule has 0 fully saturated rings. The highest BCUT2D eigenvalue weighted by Gasteiger charge is 2.32. The topological polar surface area (TPSA) is 83.1 Å². The number of amides is 2. The molecule has 1 aromatic heterocycles. The van der Waals surface area contributed by atoms with Crippen molar-refractivity contribution in [2.24, 2.45) is 0 Å². The molecule has 3 N–H and O–H groups in total. The molecule has 0 saturated heterocycles. The van der Waals surface area contributed by atoms with Gasteiger partial charge in [-0.3, -0.25) is 14.9 Å². The maximum absolute atomic E-state index is 12.6. The lowest BCUT2D eigenvalue weighted by atomic mass is 10.1. The number of alkyl halides is 3. The van der Waals surface area contributed by atoms with Crippen LogP contribution in [0, 0.1) is 0 Å². The van der Waals surface area contributed by atoms with E-state index in [1.165, 1.54) is 25.2 Å². The predicted molar refractivity (Wildman–Crippen MR) is 103 cm³/mol. The molecule has 2 amide bonds. The first-order valence-electron chi connectivity index (χ1n) is 7.39. The second kappa shape index (κ2) is 8.72. The van der Waals surface area contributed by atoms with E-state index in [4.69, 9.17) is 35.4 Å². The van der Waals surface area contributed by atoms with Crippen molar-refractivity contribution in [3.8, 4) is 0 Å². The molecular weight excluding hydrogens is 440 g/mol. The minimum absolute atomic E-state index is 0.164. The van der Waals surface area contributed by atoms with E-state index in [-0.39, 0.29) is 16.4 Å². The van der Waals surface area contributed by atoms with Gasteiger partial charge in [-0.2, -0.15) is 13.2 Å². The Balaban J connectivity index is 2.16. The average Bonchev–Trinajstić information content (AvgIpc) is 2.61. The number of hydrogen-bond donors (Lipinski definition) is 3. The van der Waals surface area contributed by atoms with Gasteiger partial charge in [0, 0.05) is 18.3 Å². The van der Waals surface area contributed by atoms with Gasteiger partial charge in [0.2, 0.25) is 0 Å². The number of aromatic nitrogens is 1. The van der Waals surface area contributed by atoms with Gasteiger partial charge in [-0.1, -0.05) is 23.2 Å². The molecular formula is C16H11Cl2F3N4O2S. The van der Waals surface area contributed by atoms with Gasteiger partial charge in [0.1, 0.15) is 5.69 Å². The molecule has 0 saturated carbocycles. The molecule has 12 heteroatoms. The summed E-state index contributed by atoms with van der Waals surface area (Å²) in [4.78, 5) is 27.5. The highest BCUT2D eigenvalue weighted by Crippen LogP contribution is 2.31. The summed E-state index contributed by atoms with van der Waals surface area (Å²) in [5.74, 6) is -1.38. The smallest absolute Gasteiger partial charge is 0.355 e. The van der Waals surface area contributed by atoms with Gasteiger partial charge in [-0.15, -0.1) is 0 Å². The number of nitrogens with zero attached hydrogens (tertiary/aromatic N) is 1. The third kappa shape index (κ3) is 5.31. The van der Waals surface area contributed by atoms with E-state index in [9.17, 15) is 22.8 Å². The number of halogens is 5. The molecule has 2 aromatic rings. The predicted octanol–water partition coefficient (Wildman–Crippen LogP) is 3.89. The summed E-state index contributed by atoms with van der Waals surface area (Å²) in [7, 11) is 1.42. The van der Waals surface area contributed by atoms with E-state index in [2.05, 4.69) is 20.9 Å². The molecule has 1 heterocycles. The molecule has 0 unspecified atom stereocenters. The van der Waals surface area contributed by atoms with Gasteiger partial charge in [0.05, 0.1) is 21.8 Å². The Labute approximate surface area is 172 Å². The Morgan fingerprint density at radius 2 is 1.82 bits per heavy atom. The van der Waals surface area contributed by atoms with E-state index >= 15 is 0 Å². The zero-order valence-electron chi connectivity index (χ0n) is 13.9. The van der Waals surface area contributed by atoms with E-state index in [1.807, 2.05) is 0 Å². The summed E-state index contributed by atoms with van der Waals surface area (Å²) in [5, 5.41) is 6.88. The van der Waals surface area contributed by atoms with E-state index in [1.54, 1.807) is 0 Å². The number of rotatable bonds is 3. The van der Waals surface area contributed by atoms with Gasteiger partial charge in [-0.05, 0) is 36.5 Å². The van der Waals surface area contributed by atoms with Crippen molar-refractivity contribution in [3.05, 3.63) is 57.3 Å². The van der Waals surface area contributed by atoms with Gasteiger partial charge in [0.25, 0.3) is 11.8 Å². The van der Waals surface area contributed by atoms with Crippen molar-refractivity contribution in [3.63, 3.8) is 0 Å². The van der Waals surface area contributed by atoms with E-state index in [0.717, 1.165) is 0 Å². The van der Waals surface area contributed by atoms with Crippen molar-refractivity contribution in [2.75, 3.05) is 12.4 Å². The van der Waals surface area contributed by atoms with Crippen LogP contribution in [0.4, 0.5) is 18.9 Å². The molecule has 2 rings (SSSR count). The lowest BCUT2D eigenvalue weighted by Gasteiger charge is -2.14. The first kappa shape index (κ1) is 21.9. The fraction of sp³-hybridized carbons (Fsp3) is 0.125. The minimum Gasteiger partial charge on any atom is -0.355 e. The van der Waals surface area contributed by atoms with Gasteiger partial charge in [0.15, 0.2) is 5.11 Å². The van der Waals surface area contributed by atoms with Gasteiger partial charge < -0.3 is 10.6 Å². The second-order valence-electron chi connectivity index (χ2n) is 5.23. The quantitative estimate of drug-likeness (QED) is 0.617. The SMILES string of the molecule is CNC(=O)c1cc(Cl)ccc1NC(=S)NC(=O)c1ncc(C(F)(F)F)cc1Cl. The molecule has 0 bridgehead atoms. The minimum atomic E-state index is -4.65. The molecule has 0 atom stereocenters. The van der Waals surface area contributed by atoms with Crippen LogP contribution >= 0.6 is 35.4 Å². The molecule has 0 radical (unpaired) electrons. The highest BCUT2D eigenvalue weighted by molar-refractivity contribution is 7.80. The zero-order valence-corrected chi connectivity index (χ0v) is 16.3. The Bertz CT molecular complexity index is 954. The number of thiocarbonyl (C=S) groups is 1. The van der Waals surface area contributed by atoms with E-state index < -0.39 is 34.3 Å². The molecule has 148 valence electrons. The number of hydrogen-bond acceptors (Lipinski definition) is 4. The summed E-state index contributed by atoms with van der Waals surface area (Å²) in [6.07, 6.45) is -4.16. The van der Waals surface area contributed by atoms with Crippen LogP contribution in [0.3, 0.4) is 0 Å². The van der Waals surface area contributed by atoms with Crippen molar-refractivity contribution in [1.82, 2.24) is 15.6 Å². The zero-order chi connectivity index (χ0) is 21.1. The van der Waals surface area contributed by atoms with Crippen LogP contribution in [0.15, 0.2) is 30.5 Å². The van der Waals surface area contributed by atoms with Crippen molar-refractivity contribution >= 4 is 58.0 Å². The third-order valence-electron chi connectivity index (χ3n) is 3.31. The molecule has 0 aliphatic heterocycles. The number of carbonyl (C=O) groups is 2. The Hall–Kier alpha value is -2.43. The molecule has 0 aliphatic carbocycles. The molecule has 6 nitrogen and oxygen atoms in total. The van der Waals surface area contributed by atoms with Crippen LogP contribution in [-0.4, -0.2) is 29.0 Å². The molecule has 0 spiro atoms. The number of benzene rings is 1. The van der Waals surface area contributed by atoms with Crippen LogP contribution in [0.2, 0.25) is 10.0 Å². The molecule has 28 heavy (non-hydrogen) atoms. The van der Waals surface area contributed by atoms with Gasteiger partial charge in [-0.25, -0.2) is 4.98 Å². The number of carbonyl (C=O) groups excluding carboxylic acids is 2. The Morgan fingerprint density at radius 3 is 2.39 bits per heavy atom. The maximum atomic E-state index is 12.6. The third-order valence-corrected chi connectivity index (χ3v) is 4.04. The summed E-state index contributed by atoms with van der Waals surface area (Å²) >= 11 is 16.6. The summed E-state index contributed by atoms with van der Waals surface area (Å²) < 4.78 is 37.9. The fourth-order valence-corrected chi connectivity index (χ4v) is 2.65. The number of pyridine rings is 1. The van der Waals surface area contributed by atoms with Crippen LogP contribution in [-0.2, 0) is 6.18 Å². The average molecular weight is 451 g/mol. The Kier molecular flexibility index (Phi) is 6.81. The second-order valence-corrected chi connectivity index (χ2v) is 6.48. The molecule has 0 aliphatic rings. The standard InChI is InChI=1S/C16H11Cl2F3N4O2S/c1-22-13(26)9-5-8(17)2-3-11(9)24-15(28)25-14(27)12-10(18)4-7(6-23-12)16(19,20)21/h2-6H,1H3,(H,22,26)(H2,24,25,27,28). The monoisotopic (exact) mass is 450 g/mol. The first-order chi connectivity index (χ1) is 13.0. The normalized spacial score (nSPS) is 10.9. The van der Waals surface area contributed by atoms with Crippen molar-refractivity contribution in [2.45, 2.75) is 6.18 Å².